The molecule has 0 unspecified atom stereocenters. The van der Waals surface area contributed by atoms with Crippen LogP contribution in [0.15, 0.2) is 36.4 Å². The Kier molecular flexibility index (Phi) is 3.46. The van der Waals surface area contributed by atoms with Crippen molar-refractivity contribution in [2.24, 2.45) is 0 Å². The minimum Gasteiger partial charge on any atom is -0.493 e. The standard InChI is InChI=1S/C16H17NO3/c1-2-19-14-8-7-11-5-3-4-6-12(11)15(14)13-9-10-20-16(18)17-13/h3-8,13H,2,9-10H2,1H3,(H,17,18)/t13-/m0/s1. The number of fused-ring (bicyclic) bond motifs is 1. The molecule has 2 aromatic carbocycles. The fraction of sp³-hybridized carbons (Fsp3) is 0.312. The lowest BCUT2D eigenvalue weighted by atomic mass is 9.95. The predicted octanol–water partition coefficient (Wildman–Crippen LogP) is 3.41. The second-order valence-corrected chi connectivity index (χ2v) is 4.75. The summed E-state index contributed by atoms with van der Waals surface area (Å²) in [5.74, 6) is 0.832. The van der Waals surface area contributed by atoms with Gasteiger partial charge in [0.1, 0.15) is 5.75 Å². The summed E-state index contributed by atoms with van der Waals surface area (Å²) in [4.78, 5) is 11.5. The fourth-order valence-corrected chi connectivity index (χ4v) is 2.66. The molecule has 0 radical (unpaired) electrons. The molecule has 3 rings (SSSR count). The number of rotatable bonds is 3. The van der Waals surface area contributed by atoms with Crippen molar-refractivity contribution in [1.82, 2.24) is 5.32 Å². The van der Waals surface area contributed by atoms with Crippen LogP contribution in [0.2, 0.25) is 0 Å². The van der Waals surface area contributed by atoms with E-state index in [0.717, 1.165) is 28.5 Å². The number of cyclic esters (lactones) is 1. The number of nitrogens with one attached hydrogen (secondary N) is 1. The number of carbonyl (C=O) groups is 1. The summed E-state index contributed by atoms with van der Waals surface area (Å²) in [5.41, 5.74) is 1.04. The Hall–Kier alpha value is -2.23. The molecule has 0 aliphatic carbocycles. The molecule has 1 heterocycles. The zero-order valence-electron chi connectivity index (χ0n) is 11.4. The summed E-state index contributed by atoms with van der Waals surface area (Å²) in [5, 5.41) is 5.14. The van der Waals surface area contributed by atoms with Crippen molar-refractivity contribution in [1.29, 1.82) is 0 Å². The highest BCUT2D eigenvalue weighted by molar-refractivity contribution is 5.88. The minimum atomic E-state index is -0.364. The average molecular weight is 271 g/mol. The molecule has 0 saturated carbocycles. The van der Waals surface area contributed by atoms with Crippen molar-refractivity contribution < 1.29 is 14.3 Å². The predicted molar refractivity (Wildman–Crippen MR) is 77.0 cm³/mol. The van der Waals surface area contributed by atoms with Crippen LogP contribution in [0.1, 0.15) is 24.9 Å². The molecule has 1 amide bonds. The van der Waals surface area contributed by atoms with Crippen molar-refractivity contribution in [3.63, 3.8) is 0 Å². The van der Waals surface area contributed by atoms with E-state index in [1.54, 1.807) is 0 Å². The highest BCUT2D eigenvalue weighted by atomic mass is 16.6. The van der Waals surface area contributed by atoms with Gasteiger partial charge in [0.25, 0.3) is 0 Å². The van der Waals surface area contributed by atoms with E-state index >= 15 is 0 Å². The monoisotopic (exact) mass is 271 g/mol. The van der Waals surface area contributed by atoms with E-state index in [0.29, 0.717) is 13.2 Å². The van der Waals surface area contributed by atoms with Crippen LogP contribution in [0.4, 0.5) is 4.79 Å². The van der Waals surface area contributed by atoms with Gasteiger partial charge in [-0.2, -0.15) is 0 Å². The van der Waals surface area contributed by atoms with Crippen molar-refractivity contribution in [3.8, 4) is 5.75 Å². The van der Waals surface area contributed by atoms with E-state index in [9.17, 15) is 4.79 Å². The molecular weight excluding hydrogens is 254 g/mol. The van der Waals surface area contributed by atoms with Crippen molar-refractivity contribution in [2.75, 3.05) is 13.2 Å². The smallest absolute Gasteiger partial charge is 0.407 e. The Morgan fingerprint density at radius 2 is 2.15 bits per heavy atom. The molecule has 4 nitrogen and oxygen atoms in total. The van der Waals surface area contributed by atoms with Gasteiger partial charge in [-0.3, -0.25) is 0 Å². The number of ether oxygens (including phenoxy) is 2. The molecule has 1 saturated heterocycles. The van der Waals surface area contributed by atoms with Gasteiger partial charge in [-0.1, -0.05) is 30.3 Å². The lowest BCUT2D eigenvalue weighted by Crippen LogP contribution is -2.35. The molecule has 1 N–H and O–H groups in total. The number of carbonyl (C=O) groups excluding carboxylic acids is 1. The zero-order chi connectivity index (χ0) is 13.9. The number of hydrogen-bond donors (Lipinski definition) is 1. The molecule has 20 heavy (non-hydrogen) atoms. The summed E-state index contributed by atoms with van der Waals surface area (Å²) in [6, 6.07) is 12.1. The van der Waals surface area contributed by atoms with E-state index in [-0.39, 0.29) is 12.1 Å². The lowest BCUT2D eigenvalue weighted by Gasteiger charge is -2.26. The first-order valence-corrected chi connectivity index (χ1v) is 6.87. The highest BCUT2D eigenvalue weighted by Gasteiger charge is 2.25. The number of hydrogen-bond acceptors (Lipinski definition) is 3. The van der Waals surface area contributed by atoms with Gasteiger partial charge in [0.05, 0.1) is 19.3 Å². The van der Waals surface area contributed by atoms with Crippen LogP contribution in [0.3, 0.4) is 0 Å². The second-order valence-electron chi connectivity index (χ2n) is 4.75. The van der Waals surface area contributed by atoms with Crippen LogP contribution in [0, 0.1) is 0 Å². The molecule has 104 valence electrons. The molecule has 1 aliphatic heterocycles. The Labute approximate surface area is 117 Å². The van der Waals surface area contributed by atoms with Gasteiger partial charge in [-0.15, -0.1) is 0 Å². The van der Waals surface area contributed by atoms with E-state index < -0.39 is 0 Å². The van der Waals surface area contributed by atoms with Crippen LogP contribution in [0.5, 0.6) is 5.75 Å². The Morgan fingerprint density at radius 3 is 2.95 bits per heavy atom. The normalized spacial score (nSPS) is 18.4. The van der Waals surface area contributed by atoms with E-state index in [4.69, 9.17) is 9.47 Å². The first-order chi connectivity index (χ1) is 9.79. The van der Waals surface area contributed by atoms with Crippen molar-refractivity contribution in [2.45, 2.75) is 19.4 Å². The molecular formula is C16H17NO3. The Morgan fingerprint density at radius 1 is 1.30 bits per heavy atom. The van der Waals surface area contributed by atoms with Gasteiger partial charge in [-0.05, 0) is 23.8 Å². The SMILES string of the molecule is CCOc1ccc2ccccc2c1[C@@H]1CCOC(=O)N1. The Bertz CT molecular complexity index is 639. The molecule has 0 aromatic heterocycles. The summed E-state index contributed by atoms with van der Waals surface area (Å²) in [6.07, 6.45) is 0.386. The summed E-state index contributed by atoms with van der Waals surface area (Å²) >= 11 is 0. The van der Waals surface area contributed by atoms with Gasteiger partial charge < -0.3 is 14.8 Å². The summed E-state index contributed by atoms with van der Waals surface area (Å²) in [6.45, 7) is 3.00. The lowest BCUT2D eigenvalue weighted by molar-refractivity contribution is 0.115. The molecule has 1 atom stereocenters. The minimum absolute atomic E-state index is 0.0658. The van der Waals surface area contributed by atoms with Crippen LogP contribution in [-0.4, -0.2) is 19.3 Å². The maximum Gasteiger partial charge on any atom is 0.407 e. The van der Waals surface area contributed by atoms with Gasteiger partial charge in [-0.25, -0.2) is 4.79 Å². The van der Waals surface area contributed by atoms with Crippen LogP contribution >= 0.6 is 0 Å². The van der Waals surface area contributed by atoms with Crippen LogP contribution in [-0.2, 0) is 4.74 Å². The third-order valence-electron chi connectivity index (χ3n) is 3.51. The maximum atomic E-state index is 11.5. The van der Waals surface area contributed by atoms with Crippen molar-refractivity contribution >= 4 is 16.9 Å². The van der Waals surface area contributed by atoms with Gasteiger partial charge in [0.15, 0.2) is 0 Å². The van der Waals surface area contributed by atoms with Crippen molar-refractivity contribution in [3.05, 3.63) is 42.0 Å². The first-order valence-electron chi connectivity index (χ1n) is 6.87. The van der Waals surface area contributed by atoms with Gasteiger partial charge >= 0.3 is 6.09 Å². The Balaban J connectivity index is 2.13. The highest BCUT2D eigenvalue weighted by Crippen LogP contribution is 2.35. The van der Waals surface area contributed by atoms with Gasteiger partial charge in [0.2, 0.25) is 0 Å². The molecule has 1 fully saturated rings. The molecule has 1 aliphatic rings. The van der Waals surface area contributed by atoms with Crippen LogP contribution in [0.25, 0.3) is 10.8 Å². The van der Waals surface area contributed by atoms with Crippen LogP contribution < -0.4 is 10.1 Å². The fourth-order valence-electron chi connectivity index (χ4n) is 2.66. The maximum absolute atomic E-state index is 11.5. The molecule has 0 bridgehead atoms. The summed E-state index contributed by atoms with van der Waals surface area (Å²) < 4.78 is 10.7. The van der Waals surface area contributed by atoms with E-state index in [2.05, 4.69) is 17.4 Å². The largest absolute Gasteiger partial charge is 0.493 e. The third-order valence-corrected chi connectivity index (χ3v) is 3.51. The third kappa shape index (κ3) is 2.29. The topological polar surface area (TPSA) is 47.6 Å². The van der Waals surface area contributed by atoms with E-state index in [1.807, 2.05) is 31.2 Å². The zero-order valence-corrected chi connectivity index (χ0v) is 11.4. The quantitative estimate of drug-likeness (QED) is 0.930. The first kappa shape index (κ1) is 12.8. The van der Waals surface area contributed by atoms with E-state index in [1.165, 1.54) is 0 Å². The molecule has 2 aromatic rings. The molecule has 0 spiro atoms. The second kappa shape index (κ2) is 5.41. The molecule has 4 heteroatoms. The average Bonchev–Trinajstić information content (AvgIpc) is 2.47. The van der Waals surface area contributed by atoms with Gasteiger partial charge in [0, 0.05) is 12.0 Å². The number of alkyl carbamates (subject to hydrolysis) is 1. The summed E-state index contributed by atoms with van der Waals surface area (Å²) in [7, 11) is 0. The number of benzene rings is 2. The number of amides is 1.